The van der Waals surface area contributed by atoms with Crippen molar-refractivity contribution in [2.45, 2.75) is 51.9 Å². The van der Waals surface area contributed by atoms with Crippen molar-refractivity contribution in [1.29, 1.82) is 0 Å². The molecule has 2 aliphatic rings. The van der Waals surface area contributed by atoms with Gasteiger partial charge in [0, 0.05) is 12.6 Å². The van der Waals surface area contributed by atoms with Crippen molar-refractivity contribution in [2.24, 2.45) is 10.8 Å². The Morgan fingerprint density at radius 1 is 1.24 bits per heavy atom. The van der Waals surface area contributed by atoms with Crippen LogP contribution < -0.4 is 0 Å². The number of hydrogen-bond acceptors (Lipinski definition) is 4. The largest absolute Gasteiger partial charge is 0.481 e. The van der Waals surface area contributed by atoms with E-state index in [4.69, 9.17) is 0 Å². The Kier molecular flexibility index (Phi) is 3.30. The van der Waals surface area contributed by atoms with Gasteiger partial charge >= 0.3 is 5.97 Å². The van der Waals surface area contributed by atoms with Gasteiger partial charge in [0.15, 0.2) is 5.78 Å². The summed E-state index contributed by atoms with van der Waals surface area (Å²) in [6, 6.07) is 0. The van der Waals surface area contributed by atoms with Gasteiger partial charge in [0.25, 0.3) is 0 Å². The van der Waals surface area contributed by atoms with E-state index in [0.717, 1.165) is 31.4 Å². The van der Waals surface area contributed by atoms with Crippen LogP contribution in [0.3, 0.4) is 0 Å². The van der Waals surface area contributed by atoms with Crippen LogP contribution in [-0.2, 0) is 4.79 Å². The summed E-state index contributed by atoms with van der Waals surface area (Å²) in [5, 5.41) is 9.51. The summed E-state index contributed by atoms with van der Waals surface area (Å²) in [6.07, 6.45) is 8.32. The standard InChI is InChI=1S/C16H20N2O3/c1-11-8-17-9-12(18-11)13(19)7-15-3-2-4-16(10-15,6-5-15)14(20)21/h8-9H,2-7,10H2,1H3,(H,20,21). The van der Waals surface area contributed by atoms with Gasteiger partial charge in [-0.1, -0.05) is 6.42 Å². The first-order valence-electron chi connectivity index (χ1n) is 7.50. The molecule has 2 atom stereocenters. The molecule has 0 aromatic carbocycles. The lowest BCUT2D eigenvalue weighted by molar-refractivity contribution is -0.150. The number of fused-ring (bicyclic) bond motifs is 2. The van der Waals surface area contributed by atoms with Crippen molar-refractivity contribution in [2.75, 3.05) is 0 Å². The van der Waals surface area contributed by atoms with Crippen molar-refractivity contribution in [3.63, 3.8) is 0 Å². The zero-order chi connectivity index (χ0) is 15.1. The van der Waals surface area contributed by atoms with E-state index in [1.165, 1.54) is 6.20 Å². The summed E-state index contributed by atoms with van der Waals surface area (Å²) >= 11 is 0. The molecule has 0 saturated heterocycles. The van der Waals surface area contributed by atoms with E-state index < -0.39 is 11.4 Å². The third kappa shape index (κ3) is 2.45. The summed E-state index contributed by atoms with van der Waals surface area (Å²) in [6.45, 7) is 1.81. The average Bonchev–Trinajstić information content (AvgIpc) is 2.71. The SMILES string of the molecule is Cc1cncc(C(=O)CC23CCCC(C(=O)O)(CC2)C3)n1. The highest BCUT2D eigenvalue weighted by molar-refractivity contribution is 5.94. The Balaban J connectivity index is 1.79. The maximum absolute atomic E-state index is 12.5. The normalized spacial score (nSPS) is 31.1. The molecular weight excluding hydrogens is 268 g/mol. The van der Waals surface area contributed by atoms with Crippen LogP contribution in [0.15, 0.2) is 12.4 Å². The minimum atomic E-state index is -0.688. The molecule has 1 heterocycles. The number of aromatic nitrogens is 2. The van der Waals surface area contributed by atoms with Crippen molar-refractivity contribution in [1.82, 2.24) is 9.97 Å². The van der Waals surface area contributed by atoms with Gasteiger partial charge in [0.05, 0.1) is 17.3 Å². The van der Waals surface area contributed by atoms with Crippen LogP contribution in [0, 0.1) is 17.8 Å². The predicted octanol–water partition coefficient (Wildman–Crippen LogP) is 2.78. The van der Waals surface area contributed by atoms with Crippen molar-refractivity contribution < 1.29 is 14.7 Å². The quantitative estimate of drug-likeness (QED) is 0.862. The van der Waals surface area contributed by atoms with Crippen molar-refractivity contribution in [3.8, 4) is 0 Å². The maximum atomic E-state index is 12.5. The number of carbonyl (C=O) groups excluding carboxylic acids is 1. The number of hydrogen-bond donors (Lipinski definition) is 1. The lowest BCUT2D eigenvalue weighted by Crippen LogP contribution is -2.35. The Morgan fingerprint density at radius 3 is 2.76 bits per heavy atom. The summed E-state index contributed by atoms with van der Waals surface area (Å²) in [5.41, 5.74) is 0.409. The smallest absolute Gasteiger partial charge is 0.309 e. The van der Waals surface area contributed by atoms with Gasteiger partial charge in [0.1, 0.15) is 5.69 Å². The van der Waals surface area contributed by atoms with E-state index in [1.54, 1.807) is 6.20 Å². The Bertz CT molecular complexity index is 601. The second kappa shape index (κ2) is 4.90. The number of aliphatic carboxylic acids is 1. The van der Waals surface area contributed by atoms with Gasteiger partial charge < -0.3 is 5.11 Å². The highest BCUT2D eigenvalue weighted by atomic mass is 16.4. The van der Waals surface area contributed by atoms with Crippen LogP contribution in [0.4, 0.5) is 0 Å². The monoisotopic (exact) mass is 288 g/mol. The van der Waals surface area contributed by atoms with E-state index in [0.29, 0.717) is 25.0 Å². The average molecular weight is 288 g/mol. The minimum Gasteiger partial charge on any atom is -0.481 e. The number of carboxylic acids is 1. The van der Waals surface area contributed by atoms with Crippen LogP contribution in [-0.4, -0.2) is 26.8 Å². The molecule has 2 aliphatic carbocycles. The zero-order valence-corrected chi connectivity index (χ0v) is 12.3. The van der Waals surface area contributed by atoms with E-state index in [9.17, 15) is 14.7 Å². The summed E-state index contributed by atoms with van der Waals surface area (Å²) < 4.78 is 0. The molecule has 0 aliphatic heterocycles. The molecule has 112 valence electrons. The molecule has 0 amide bonds. The molecule has 2 saturated carbocycles. The molecule has 1 N–H and O–H groups in total. The first-order valence-corrected chi connectivity index (χ1v) is 7.50. The summed E-state index contributed by atoms with van der Waals surface area (Å²) in [4.78, 5) is 32.3. The number of carboxylic acid groups (broad SMARTS) is 1. The summed E-state index contributed by atoms with van der Waals surface area (Å²) in [7, 11) is 0. The van der Waals surface area contributed by atoms with E-state index in [-0.39, 0.29) is 11.2 Å². The van der Waals surface area contributed by atoms with E-state index in [2.05, 4.69) is 9.97 Å². The number of Topliss-reactive ketones (excluding diaryl/α,β-unsaturated/α-hetero) is 1. The van der Waals surface area contributed by atoms with Gasteiger partial charge in [0.2, 0.25) is 0 Å². The van der Waals surface area contributed by atoms with Crippen LogP contribution in [0.25, 0.3) is 0 Å². The molecule has 2 fully saturated rings. The number of ketones is 1. The van der Waals surface area contributed by atoms with Gasteiger partial charge in [-0.25, -0.2) is 4.98 Å². The lowest BCUT2D eigenvalue weighted by Gasteiger charge is -2.36. The molecule has 0 radical (unpaired) electrons. The highest BCUT2D eigenvalue weighted by Gasteiger charge is 2.55. The highest BCUT2D eigenvalue weighted by Crippen LogP contribution is 2.60. The van der Waals surface area contributed by atoms with Gasteiger partial charge in [-0.2, -0.15) is 0 Å². The summed E-state index contributed by atoms with van der Waals surface area (Å²) in [5.74, 6) is -0.693. The topological polar surface area (TPSA) is 80.2 Å². The Morgan fingerprint density at radius 2 is 2.05 bits per heavy atom. The molecule has 2 bridgehead atoms. The second-order valence-electron chi connectivity index (χ2n) is 6.76. The molecule has 5 nitrogen and oxygen atoms in total. The van der Waals surface area contributed by atoms with Gasteiger partial charge in [-0.05, 0) is 44.4 Å². The molecule has 1 aromatic heterocycles. The first-order chi connectivity index (χ1) is 9.95. The van der Waals surface area contributed by atoms with Gasteiger partial charge in [-0.15, -0.1) is 0 Å². The molecule has 5 heteroatoms. The fraction of sp³-hybridized carbons (Fsp3) is 0.625. The Hall–Kier alpha value is -1.78. The third-order valence-electron chi connectivity index (χ3n) is 5.24. The molecule has 1 aromatic rings. The molecule has 2 unspecified atom stereocenters. The zero-order valence-electron chi connectivity index (χ0n) is 12.3. The minimum absolute atomic E-state index is 0.00529. The second-order valence-corrected chi connectivity index (χ2v) is 6.76. The predicted molar refractivity (Wildman–Crippen MR) is 75.9 cm³/mol. The van der Waals surface area contributed by atoms with Crippen LogP contribution >= 0.6 is 0 Å². The van der Waals surface area contributed by atoms with Crippen molar-refractivity contribution in [3.05, 3.63) is 23.8 Å². The Labute approximate surface area is 123 Å². The van der Waals surface area contributed by atoms with Crippen LogP contribution in [0.1, 0.15) is 61.1 Å². The fourth-order valence-corrected chi connectivity index (χ4v) is 4.19. The number of carbonyl (C=O) groups is 2. The molecule has 0 spiro atoms. The van der Waals surface area contributed by atoms with Crippen molar-refractivity contribution >= 4 is 11.8 Å². The van der Waals surface area contributed by atoms with E-state index >= 15 is 0 Å². The van der Waals surface area contributed by atoms with Crippen LogP contribution in [0.5, 0.6) is 0 Å². The molecular formula is C16H20N2O3. The third-order valence-corrected chi connectivity index (χ3v) is 5.24. The number of nitrogens with zero attached hydrogens (tertiary/aromatic N) is 2. The molecule has 21 heavy (non-hydrogen) atoms. The first kappa shape index (κ1) is 14.2. The molecule has 3 rings (SSSR count). The van der Waals surface area contributed by atoms with E-state index in [1.807, 2.05) is 6.92 Å². The fourth-order valence-electron chi connectivity index (χ4n) is 4.19. The maximum Gasteiger partial charge on any atom is 0.309 e. The lowest BCUT2D eigenvalue weighted by atomic mass is 9.67. The van der Waals surface area contributed by atoms with Gasteiger partial charge in [-0.3, -0.25) is 14.6 Å². The van der Waals surface area contributed by atoms with Crippen LogP contribution in [0.2, 0.25) is 0 Å². The number of rotatable bonds is 4. The number of aryl methyl sites for hydroxylation is 1.